The van der Waals surface area contributed by atoms with Gasteiger partial charge in [-0.1, -0.05) is 0 Å². The van der Waals surface area contributed by atoms with Crippen molar-refractivity contribution in [1.29, 1.82) is 0 Å². The fraction of sp³-hybridized carbons (Fsp3) is 0.375. The van der Waals surface area contributed by atoms with Crippen LogP contribution in [-0.2, 0) is 6.54 Å². The summed E-state index contributed by atoms with van der Waals surface area (Å²) in [4.78, 5) is 4.04. The van der Waals surface area contributed by atoms with Crippen LogP contribution in [0.1, 0.15) is 5.56 Å². The molecule has 12 heavy (non-hydrogen) atoms. The summed E-state index contributed by atoms with van der Waals surface area (Å²) in [5.41, 5.74) is 1.14. The molecule has 1 aromatic heterocycles. The van der Waals surface area contributed by atoms with E-state index in [1.165, 1.54) is 0 Å². The second kappa shape index (κ2) is 4.42. The third kappa shape index (κ3) is 2.19. The molecule has 0 radical (unpaired) electrons. The number of nitrogens with zero attached hydrogens (tertiary/aromatic N) is 1. The van der Waals surface area contributed by atoms with Gasteiger partial charge in [0.2, 0.25) is 5.88 Å². The second-order valence-electron chi connectivity index (χ2n) is 2.35. The number of ether oxygens (including phenoxy) is 1. The van der Waals surface area contributed by atoms with Gasteiger partial charge in [-0.2, -0.15) is 0 Å². The van der Waals surface area contributed by atoms with E-state index in [0.717, 1.165) is 16.6 Å². The average molecular weight is 231 g/mol. The normalized spacial score (nSPS) is 9.92. The Kier molecular flexibility index (Phi) is 3.49. The number of hydrogen-bond acceptors (Lipinski definition) is 3. The lowest BCUT2D eigenvalue weighted by Gasteiger charge is -2.04. The molecule has 0 bridgehead atoms. The molecule has 0 aliphatic carbocycles. The maximum atomic E-state index is 5.00. The smallest absolute Gasteiger partial charge is 0.213 e. The number of hydrogen-bond donors (Lipinski definition) is 1. The minimum Gasteiger partial charge on any atom is -0.481 e. The van der Waals surface area contributed by atoms with E-state index >= 15 is 0 Å². The van der Waals surface area contributed by atoms with Crippen LogP contribution in [0.4, 0.5) is 0 Å². The number of nitrogens with one attached hydrogen (secondary N) is 1. The van der Waals surface area contributed by atoms with Gasteiger partial charge in [-0.3, -0.25) is 0 Å². The summed E-state index contributed by atoms with van der Waals surface area (Å²) in [7, 11) is 3.51. The highest BCUT2D eigenvalue weighted by molar-refractivity contribution is 9.10. The van der Waals surface area contributed by atoms with Crippen LogP contribution in [0.25, 0.3) is 0 Å². The Morgan fingerprint density at radius 2 is 2.42 bits per heavy atom. The molecule has 0 aliphatic heterocycles. The number of methoxy groups -OCH3 is 1. The Morgan fingerprint density at radius 1 is 1.67 bits per heavy atom. The van der Waals surface area contributed by atoms with E-state index in [4.69, 9.17) is 4.74 Å². The van der Waals surface area contributed by atoms with Gasteiger partial charge in [0.25, 0.3) is 0 Å². The fourth-order valence-corrected chi connectivity index (χ4v) is 1.25. The standard InChI is InChI=1S/C8H11BrN2O/c1-10-4-6-3-8(12-2)11-5-7(6)9/h3,5,10H,4H2,1-2H3. The van der Waals surface area contributed by atoms with Gasteiger partial charge < -0.3 is 10.1 Å². The average Bonchev–Trinajstić information content (AvgIpc) is 2.09. The molecule has 0 aromatic carbocycles. The molecule has 1 N–H and O–H groups in total. The zero-order valence-corrected chi connectivity index (χ0v) is 8.68. The molecule has 66 valence electrons. The summed E-state index contributed by atoms with van der Waals surface area (Å²) in [5.74, 6) is 0.642. The first-order chi connectivity index (χ1) is 5.77. The van der Waals surface area contributed by atoms with Gasteiger partial charge in [-0.05, 0) is 28.5 Å². The monoisotopic (exact) mass is 230 g/mol. The third-order valence-electron chi connectivity index (χ3n) is 1.49. The van der Waals surface area contributed by atoms with Gasteiger partial charge in [0, 0.05) is 23.3 Å². The molecular formula is C8H11BrN2O. The molecule has 0 atom stereocenters. The quantitative estimate of drug-likeness (QED) is 0.857. The predicted octanol–water partition coefficient (Wildman–Crippen LogP) is 1.57. The number of aromatic nitrogens is 1. The van der Waals surface area contributed by atoms with Gasteiger partial charge >= 0.3 is 0 Å². The Morgan fingerprint density at radius 3 is 3.00 bits per heavy atom. The zero-order chi connectivity index (χ0) is 8.97. The van der Waals surface area contributed by atoms with Crippen molar-refractivity contribution in [2.45, 2.75) is 6.54 Å². The van der Waals surface area contributed by atoms with Crippen molar-refractivity contribution >= 4 is 15.9 Å². The number of rotatable bonds is 3. The van der Waals surface area contributed by atoms with Crippen molar-refractivity contribution in [2.24, 2.45) is 0 Å². The van der Waals surface area contributed by atoms with Crippen molar-refractivity contribution < 1.29 is 4.74 Å². The van der Waals surface area contributed by atoms with Crippen molar-refractivity contribution in [3.05, 3.63) is 22.3 Å². The molecule has 4 heteroatoms. The molecule has 0 spiro atoms. The van der Waals surface area contributed by atoms with Gasteiger partial charge in [-0.15, -0.1) is 0 Å². The number of halogens is 1. The Bertz CT molecular complexity index is 265. The molecule has 3 nitrogen and oxygen atoms in total. The zero-order valence-electron chi connectivity index (χ0n) is 7.10. The predicted molar refractivity (Wildman–Crippen MR) is 51.3 cm³/mol. The van der Waals surface area contributed by atoms with Crippen molar-refractivity contribution in [3.8, 4) is 5.88 Å². The summed E-state index contributed by atoms with van der Waals surface area (Å²) in [6, 6.07) is 1.90. The molecule has 0 fully saturated rings. The maximum Gasteiger partial charge on any atom is 0.213 e. The van der Waals surface area contributed by atoms with Crippen LogP contribution in [0.15, 0.2) is 16.7 Å². The van der Waals surface area contributed by atoms with Gasteiger partial charge in [0.15, 0.2) is 0 Å². The summed E-state index contributed by atoms with van der Waals surface area (Å²) >= 11 is 3.40. The summed E-state index contributed by atoms with van der Waals surface area (Å²) in [5, 5.41) is 3.06. The molecular weight excluding hydrogens is 220 g/mol. The van der Waals surface area contributed by atoms with Crippen LogP contribution in [0.3, 0.4) is 0 Å². The SMILES string of the molecule is CNCc1cc(OC)ncc1Br. The van der Waals surface area contributed by atoms with Crippen LogP contribution in [-0.4, -0.2) is 19.1 Å². The van der Waals surface area contributed by atoms with Gasteiger partial charge in [-0.25, -0.2) is 4.98 Å². The van der Waals surface area contributed by atoms with E-state index in [9.17, 15) is 0 Å². The van der Waals surface area contributed by atoms with Crippen LogP contribution < -0.4 is 10.1 Å². The highest BCUT2D eigenvalue weighted by atomic mass is 79.9. The van der Waals surface area contributed by atoms with Crippen LogP contribution in [0.2, 0.25) is 0 Å². The molecule has 0 aliphatic rings. The number of pyridine rings is 1. The molecule has 1 rings (SSSR count). The minimum absolute atomic E-state index is 0.642. The Balaban J connectivity index is 2.91. The Hall–Kier alpha value is -0.610. The third-order valence-corrected chi connectivity index (χ3v) is 2.20. The van der Waals surface area contributed by atoms with Gasteiger partial charge in [0.1, 0.15) is 0 Å². The van der Waals surface area contributed by atoms with Crippen LogP contribution in [0, 0.1) is 0 Å². The Labute approximate surface area is 80.3 Å². The second-order valence-corrected chi connectivity index (χ2v) is 3.20. The largest absolute Gasteiger partial charge is 0.481 e. The van der Waals surface area contributed by atoms with E-state index in [-0.39, 0.29) is 0 Å². The van der Waals surface area contributed by atoms with E-state index in [1.54, 1.807) is 13.3 Å². The molecule has 1 aromatic rings. The maximum absolute atomic E-state index is 5.00. The van der Waals surface area contributed by atoms with E-state index < -0.39 is 0 Å². The lowest BCUT2D eigenvalue weighted by molar-refractivity contribution is 0.397. The van der Waals surface area contributed by atoms with Crippen molar-refractivity contribution in [3.63, 3.8) is 0 Å². The molecule has 0 saturated carbocycles. The molecule has 0 amide bonds. The highest BCUT2D eigenvalue weighted by Gasteiger charge is 2.01. The fourth-order valence-electron chi connectivity index (χ4n) is 0.896. The van der Waals surface area contributed by atoms with Gasteiger partial charge in [0.05, 0.1) is 7.11 Å². The first-order valence-electron chi connectivity index (χ1n) is 3.61. The molecule has 0 unspecified atom stereocenters. The first kappa shape index (κ1) is 9.48. The van der Waals surface area contributed by atoms with E-state index in [2.05, 4.69) is 26.2 Å². The van der Waals surface area contributed by atoms with Crippen LogP contribution >= 0.6 is 15.9 Å². The summed E-state index contributed by atoms with van der Waals surface area (Å²) in [6.07, 6.45) is 1.74. The van der Waals surface area contributed by atoms with Crippen LogP contribution in [0.5, 0.6) is 5.88 Å². The molecule has 1 heterocycles. The summed E-state index contributed by atoms with van der Waals surface area (Å²) < 4.78 is 5.99. The topological polar surface area (TPSA) is 34.1 Å². The van der Waals surface area contributed by atoms with Crippen molar-refractivity contribution in [2.75, 3.05) is 14.2 Å². The first-order valence-corrected chi connectivity index (χ1v) is 4.40. The van der Waals surface area contributed by atoms with E-state index in [1.807, 2.05) is 13.1 Å². The minimum atomic E-state index is 0.642. The molecule has 0 saturated heterocycles. The lowest BCUT2D eigenvalue weighted by Crippen LogP contribution is -2.06. The lowest BCUT2D eigenvalue weighted by atomic mass is 10.2. The van der Waals surface area contributed by atoms with Crippen molar-refractivity contribution in [1.82, 2.24) is 10.3 Å². The highest BCUT2D eigenvalue weighted by Crippen LogP contribution is 2.19. The van der Waals surface area contributed by atoms with E-state index in [0.29, 0.717) is 5.88 Å². The summed E-state index contributed by atoms with van der Waals surface area (Å²) in [6.45, 7) is 0.805.